The topological polar surface area (TPSA) is 68.3 Å². The molecule has 1 fully saturated rings. The predicted molar refractivity (Wildman–Crippen MR) is 164 cm³/mol. The van der Waals surface area contributed by atoms with E-state index in [0.717, 1.165) is 65.5 Å². The SMILES string of the molecule is Cc1c(C)c2c(c(C)c1OC(=O)O)C1OC1(CCC(C)C)C(C)(CCCC(C)CCCC(C)CCCC(C)C)O2. The Morgan fingerprint density at radius 2 is 1.35 bits per heavy atom. The first kappa shape index (κ1) is 32.8. The third-order valence-corrected chi connectivity index (χ3v) is 9.92. The van der Waals surface area contributed by atoms with E-state index in [-0.39, 0.29) is 11.7 Å². The minimum Gasteiger partial charge on any atom is -0.484 e. The highest BCUT2D eigenvalue weighted by Gasteiger charge is 2.72. The van der Waals surface area contributed by atoms with Gasteiger partial charge in [0.25, 0.3) is 0 Å². The largest absolute Gasteiger partial charge is 0.511 e. The fraction of sp³-hybridized carbons (Fsp3) is 0.800. The molecule has 5 nitrogen and oxygen atoms in total. The van der Waals surface area contributed by atoms with Crippen LogP contribution in [0.1, 0.15) is 147 Å². The molecule has 0 aromatic heterocycles. The summed E-state index contributed by atoms with van der Waals surface area (Å²) in [5.41, 5.74) is 2.80. The molecule has 40 heavy (non-hydrogen) atoms. The average Bonchev–Trinajstić information content (AvgIpc) is 3.60. The third kappa shape index (κ3) is 7.36. The van der Waals surface area contributed by atoms with Gasteiger partial charge in [0.05, 0.1) is 0 Å². The molecule has 3 rings (SSSR count). The monoisotopic (exact) mass is 558 g/mol. The van der Waals surface area contributed by atoms with Gasteiger partial charge >= 0.3 is 6.16 Å². The second-order valence-corrected chi connectivity index (χ2v) is 14.3. The second-order valence-electron chi connectivity index (χ2n) is 14.3. The van der Waals surface area contributed by atoms with Crippen molar-refractivity contribution in [3.05, 3.63) is 22.3 Å². The van der Waals surface area contributed by atoms with Crippen molar-refractivity contribution >= 4 is 6.16 Å². The quantitative estimate of drug-likeness (QED) is 0.124. The summed E-state index contributed by atoms with van der Waals surface area (Å²) in [6.45, 7) is 22.1. The van der Waals surface area contributed by atoms with Gasteiger partial charge in [0.15, 0.2) is 0 Å². The maximum Gasteiger partial charge on any atom is 0.511 e. The molecule has 0 radical (unpaired) electrons. The van der Waals surface area contributed by atoms with Gasteiger partial charge in [0, 0.05) is 11.1 Å². The highest BCUT2D eigenvalue weighted by molar-refractivity contribution is 5.68. The number of carbonyl (C=O) groups is 1. The lowest BCUT2D eigenvalue weighted by atomic mass is 9.73. The lowest BCUT2D eigenvalue weighted by molar-refractivity contribution is -0.0180. The van der Waals surface area contributed by atoms with Gasteiger partial charge in [0.2, 0.25) is 0 Å². The Labute approximate surface area is 244 Å². The van der Waals surface area contributed by atoms with Gasteiger partial charge < -0.3 is 19.3 Å². The van der Waals surface area contributed by atoms with Gasteiger partial charge in [-0.25, -0.2) is 4.79 Å². The molecule has 0 aliphatic carbocycles. The van der Waals surface area contributed by atoms with Crippen LogP contribution in [-0.2, 0) is 4.74 Å². The van der Waals surface area contributed by atoms with Crippen molar-refractivity contribution in [2.75, 3.05) is 0 Å². The lowest BCUT2D eigenvalue weighted by Crippen LogP contribution is -2.51. The van der Waals surface area contributed by atoms with Crippen LogP contribution in [0.15, 0.2) is 0 Å². The van der Waals surface area contributed by atoms with Crippen LogP contribution in [0.3, 0.4) is 0 Å². The zero-order chi connectivity index (χ0) is 29.8. The molecular formula is C35H58O5. The Bertz CT molecular complexity index is 1010. The molecule has 5 heteroatoms. The van der Waals surface area contributed by atoms with Gasteiger partial charge in [0.1, 0.15) is 28.8 Å². The van der Waals surface area contributed by atoms with Crippen molar-refractivity contribution in [2.45, 2.75) is 157 Å². The summed E-state index contributed by atoms with van der Waals surface area (Å²) in [5.74, 6) is 4.24. The van der Waals surface area contributed by atoms with Crippen molar-refractivity contribution in [3.8, 4) is 11.5 Å². The Kier molecular flexibility index (Phi) is 11.0. The fourth-order valence-electron chi connectivity index (χ4n) is 6.97. The van der Waals surface area contributed by atoms with Crippen LogP contribution in [0, 0.1) is 44.4 Å². The number of carboxylic acid groups (broad SMARTS) is 1. The van der Waals surface area contributed by atoms with E-state index >= 15 is 0 Å². The normalized spacial score (nSPS) is 24.9. The molecule has 0 amide bonds. The van der Waals surface area contributed by atoms with E-state index in [1.54, 1.807) is 0 Å². The standard InChI is InChI=1S/C35H58O5/c1-22(2)14-11-15-24(5)16-12-17-25(6)18-13-20-34(10)35(21-19-23(3)4)32(40-35)29-28(9)30(38-33(36)37)26(7)27(8)31(29)39-34/h22-25,32H,11-21H2,1-10H3,(H,36,37). The van der Waals surface area contributed by atoms with Gasteiger partial charge in [-0.3, -0.25) is 0 Å². The summed E-state index contributed by atoms with van der Waals surface area (Å²) >= 11 is 0. The van der Waals surface area contributed by atoms with Crippen molar-refractivity contribution in [2.24, 2.45) is 23.7 Å². The highest BCUT2D eigenvalue weighted by Crippen LogP contribution is 2.67. The van der Waals surface area contributed by atoms with E-state index in [2.05, 4.69) is 48.5 Å². The summed E-state index contributed by atoms with van der Waals surface area (Å²) in [4.78, 5) is 11.4. The molecule has 1 aromatic rings. The zero-order valence-corrected chi connectivity index (χ0v) is 27.2. The van der Waals surface area contributed by atoms with Gasteiger partial charge in [-0.15, -0.1) is 0 Å². The van der Waals surface area contributed by atoms with Crippen LogP contribution in [-0.4, -0.2) is 22.5 Å². The van der Waals surface area contributed by atoms with E-state index in [4.69, 9.17) is 14.2 Å². The summed E-state index contributed by atoms with van der Waals surface area (Å²) in [6.07, 6.45) is 12.0. The maximum absolute atomic E-state index is 11.4. The van der Waals surface area contributed by atoms with Crippen LogP contribution >= 0.6 is 0 Å². The molecule has 5 atom stereocenters. The summed E-state index contributed by atoms with van der Waals surface area (Å²) in [7, 11) is 0. The highest BCUT2D eigenvalue weighted by atomic mass is 16.7. The summed E-state index contributed by atoms with van der Waals surface area (Å²) in [6, 6.07) is 0. The number of ether oxygens (including phenoxy) is 3. The minimum absolute atomic E-state index is 0.0787. The molecule has 2 aliphatic heterocycles. The van der Waals surface area contributed by atoms with Crippen LogP contribution in [0.5, 0.6) is 11.5 Å². The second kappa shape index (κ2) is 13.5. The van der Waals surface area contributed by atoms with Crippen LogP contribution in [0.2, 0.25) is 0 Å². The van der Waals surface area contributed by atoms with E-state index in [1.807, 2.05) is 20.8 Å². The molecule has 1 N–H and O–H groups in total. The lowest BCUT2D eigenvalue weighted by Gasteiger charge is -2.42. The third-order valence-electron chi connectivity index (χ3n) is 9.92. The fourth-order valence-corrected chi connectivity index (χ4v) is 6.97. The van der Waals surface area contributed by atoms with E-state index < -0.39 is 11.8 Å². The Morgan fingerprint density at radius 1 is 0.800 bits per heavy atom. The Balaban J connectivity index is 1.68. The minimum atomic E-state index is -1.29. The number of hydrogen-bond donors (Lipinski definition) is 1. The predicted octanol–water partition coefficient (Wildman–Crippen LogP) is 10.5. The van der Waals surface area contributed by atoms with Crippen molar-refractivity contribution in [1.29, 1.82) is 0 Å². The molecule has 0 bridgehead atoms. The number of fused-ring (bicyclic) bond motifs is 3. The number of rotatable bonds is 16. The number of benzene rings is 1. The van der Waals surface area contributed by atoms with E-state index in [9.17, 15) is 9.90 Å². The van der Waals surface area contributed by atoms with E-state index in [0.29, 0.717) is 17.6 Å². The van der Waals surface area contributed by atoms with Crippen molar-refractivity contribution in [1.82, 2.24) is 0 Å². The number of hydrogen-bond acceptors (Lipinski definition) is 4. The van der Waals surface area contributed by atoms with Gasteiger partial charge in [-0.2, -0.15) is 0 Å². The van der Waals surface area contributed by atoms with Crippen LogP contribution in [0.4, 0.5) is 4.79 Å². The molecular weight excluding hydrogens is 500 g/mol. The first-order chi connectivity index (χ1) is 18.7. The molecule has 0 spiro atoms. The van der Waals surface area contributed by atoms with Crippen LogP contribution < -0.4 is 9.47 Å². The Morgan fingerprint density at radius 3 is 1.90 bits per heavy atom. The van der Waals surface area contributed by atoms with Crippen molar-refractivity contribution < 1.29 is 24.1 Å². The Hall–Kier alpha value is -1.75. The molecule has 5 unspecified atom stereocenters. The number of epoxide rings is 1. The molecule has 1 saturated heterocycles. The molecule has 1 aromatic carbocycles. The zero-order valence-electron chi connectivity index (χ0n) is 27.2. The smallest absolute Gasteiger partial charge is 0.484 e. The van der Waals surface area contributed by atoms with Gasteiger partial charge in [-0.1, -0.05) is 86.5 Å². The summed E-state index contributed by atoms with van der Waals surface area (Å²) in [5, 5.41) is 9.36. The molecule has 228 valence electrons. The molecule has 0 saturated carbocycles. The van der Waals surface area contributed by atoms with Gasteiger partial charge in [-0.05, 0) is 88.2 Å². The van der Waals surface area contributed by atoms with Crippen LogP contribution in [0.25, 0.3) is 0 Å². The first-order valence-electron chi connectivity index (χ1n) is 16.1. The first-order valence-corrected chi connectivity index (χ1v) is 16.1. The summed E-state index contributed by atoms with van der Waals surface area (Å²) < 4.78 is 18.9. The maximum atomic E-state index is 11.4. The average molecular weight is 559 g/mol. The van der Waals surface area contributed by atoms with E-state index in [1.165, 1.54) is 44.9 Å². The van der Waals surface area contributed by atoms with Crippen molar-refractivity contribution in [3.63, 3.8) is 0 Å². The molecule has 2 heterocycles. The molecule has 2 aliphatic rings.